The number of aliphatic hydroxyl groups excluding tert-OH is 1. The van der Waals surface area contributed by atoms with Gasteiger partial charge in [-0.2, -0.15) is 0 Å². The van der Waals surface area contributed by atoms with E-state index in [2.05, 4.69) is 29.2 Å². The third-order valence-electron chi connectivity index (χ3n) is 2.88. The Morgan fingerprint density at radius 3 is 3.00 bits per heavy atom. The predicted molar refractivity (Wildman–Crippen MR) is 60.0 cm³/mol. The molecule has 1 unspecified atom stereocenters. The van der Waals surface area contributed by atoms with Crippen LogP contribution >= 0.6 is 11.3 Å². The summed E-state index contributed by atoms with van der Waals surface area (Å²) in [5, 5.41) is 10.1. The molecule has 1 atom stereocenters. The SMILES string of the molecule is OCc1cnc(C2Cc3ccccc32)s1. The number of thiazole rings is 1. The lowest BCUT2D eigenvalue weighted by molar-refractivity contribution is 0.285. The maximum Gasteiger partial charge on any atom is 0.101 e. The quantitative estimate of drug-likeness (QED) is 0.837. The third kappa shape index (κ3) is 1.39. The van der Waals surface area contributed by atoms with Gasteiger partial charge in [-0.25, -0.2) is 4.98 Å². The average molecular weight is 217 g/mol. The highest BCUT2D eigenvalue weighted by molar-refractivity contribution is 7.11. The summed E-state index contributed by atoms with van der Waals surface area (Å²) in [6.07, 6.45) is 2.87. The van der Waals surface area contributed by atoms with Crippen molar-refractivity contribution in [1.29, 1.82) is 0 Å². The van der Waals surface area contributed by atoms with Crippen molar-refractivity contribution in [2.24, 2.45) is 0 Å². The van der Waals surface area contributed by atoms with E-state index in [0.717, 1.165) is 16.3 Å². The zero-order valence-electron chi connectivity index (χ0n) is 8.18. The normalized spacial score (nSPS) is 18.3. The highest BCUT2D eigenvalue weighted by atomic mass is 32.1. The molecule has 0 amide bonds. The minimum Gasteiger partial charge on any atom is -0.391 e. The Hall–Kier alpha value is -1.19. The van der Waals surface area contributed by atoms with Gasteiger partial charge in [-0.15, -0.1) is 11.3 Å². The fraction of sp³-hybridized carbons (Fsp3) is 0.250. The topological polar surface area (TPSA) is 33.1 Å². The largest absolute Gasteiger partial charge is 0.391 e. The first-order chi connectivity index (χ1) is 7.38. The van der Waals surface area contributed by atoms with Gasteiger partial charge < -0.3 is 5.11 Å². The molecule has 1 aliphatic carbocycles. The first-order valence-electron chi connectivity index (χ1n) is 5.02. The zero-order chi connectivity index (χ0) is 10.3. The van der Waals surface area contributed by atoms with Gasteiger partial charge >= 0.3 is 0 Å². The van der Waals surface area contributed by atoms with Crippen LogP contribution < -0.4 is 0 Å². The molecule has 0 saturated heterocycles. The van der Waals surface area contributed by atoms with Crippen LogP contribution in [0.1, 0.15) is 26.9 Å². The first kappa shape index (κ1) is 9.07. The summed E-state index contributed by atoms with van der Waals surface area (Å²) in [4.78, 5) is 5.32. The lowest BCUT2D eigenvalue weighted by Crippen LogP contribution is -2.17. The average Bonchev–Trinajstić information content (AvgIpc) is 2.68. The molecule has 0 bridgehead atoms. The van der Waals surface area contributed by atoms with Crippen molar-refractivity contribution in [2.75, 3.05) is 0 Å². The third-order valence-corrected chi connectivity index (χ3v) is 3.98. The van der Waals surface area contributed by atoms with Crippen LogP contribution in [0.5, 0.6) is 0 Å². The minimum atomic E-state index is 0.103. The van der Waals surface area contributed by atoms with Gasteiger partial charge in [-0.1, -0.05) is 24.3 Å². The Morgan fingerprint density at radius 1 is 1.40 bits per heavy atom. The fourth-order valence-corrected chi connectivity index (χ4v) is 2.93. The standard InChI is InChI=1S/C12H11NOS/c14-7-9-6-13-12(15-9)11-5-8-3-1-2-4-10(8)11/h1-4,6,11,14H,5,7H2. The number of aromatic nitrogens is 1. The van der Waals surface area contributed by atoms with E-state index < -0.39 is 0 Å². The van der Waals surface area contributed by atoms with Gasteiger partial charge in [0, 0.05) is 12.1 Å². The molecule has 2 aromatic rings. The van der Waals surface area contributed by atoms with Crippen LogP contribution in [-0.4, -0.2) is 10.1 Å². The molecule has 1 aromatic heterocycles. The number of aliphatic hydroxyl groups is 1. The van der Waals surface area contributed by atoms with Crippen LogP contribution in [0.25, 0.3) is 0 Å². The second kappa shape index (κ2) is 3.43. The molecule has 3 rings (SSSR count). The van der Waals surface area contributed by atoms with Crippen LogP contribution in [0, 0.1) is 0 Å². The van der Waals surface area contributed by atoms with Gasteiger partial charge in [0.15, 0.2) is 0 Å². The maximum absolute atomic E-state index is 8.99. The molecule has 2 nitrogen and oxygen atoms in total. The van der Waals surface area contributed by atoms with Gasteiger partial charge in [0.1, 0.15) is 5.01 Å². The summed E-state index contributed by atoms with van der Waals surface area (Å²) in [6.45, 7) is 0.103. The maximum atomic E-state index is 8.99. The van der Waals surface area contributed by atoms with Crippen molar-refractivity contribution >= 4 is 11.3 Å². The van der Waals surface area contributed by atoms with E-state index in [1.807, 2.05) is 0 Å². The number of hydrogen-bond donors (Lipinski definition) is 1. The predicted octanol–water partition coefficient (Wildman–Crippen LogP) is 2.32. The summed E-state index contributed by atoms with van der Waals surface area (Å²) >= 11 is 1.62. The number of hydrogen-bond acceptors (Lipinski definition) is 3. The van der Waals surface area contributed by atoms with Crippen molar-refractivity contribution in [3.05, 3.63) is 51.5 Å². The van der Waals surface area contributed by atoms with Gasteiger partial charge in [0.25, 0.3) is 0 Å². The number of rotatable bonds is 2. The molecular formula is C12H11NOS. The molecule has 0 aliphatic heterocycles. The van der Waals surface area contributed by atoms with E-state index in [0.29, 0.717) is 5.92 Å². The lowest BCUT2D eigenvalue weighted by Gasteiger charge is -2.28. The summed E-state index contributed by atoms with van der Waals surface area (Å²) in [7, 11) is 0. The zero-order valence-corrected chi connectivity index (χ0v) is 9.00. The molecule has 0 fully saturated rings. The molecule has 15 heavy (non-hydrogen) atoms. The number of benzene rings is 1. The van der Waals surface area contributed by atoms with Crippen LogP contribution in [0.3, 0.4) is 0 Å². The first-order valence-corrected chi connectivity index (χ1v) is 5.83. The van der Waals surface area contributed by atoms with Crippen LogP contribution in [0.15, 0.2) is 30.5 Å². The fourth-order valence-electron chi connectivity index (χ4n) is 2.04. The Kier molecular flexibility index (Phi) is 2.08. The lowest BCUT2D eigenvalue weighted by atomic mass is 9.78. The van der Waals surface area contributed by atoms with Gasteiger partial charge in [-0.3, -0.25) is 0 Å². The highest BCUT2D eigenvalue weighted by Gasteiger charge is 2.29. The summed E-state index contributed by atoms with van der Waals surface area (Å²) < 4.78 is 0. The molecule has 0 saturated carbocycles. The van der Waals surface area contributed by atoms with Crippen molar-refractivity contribution in [3.8, 4) is 0 Å². The van der Waals surface area contributed by atoms with Crippen molar-refractivity contribution in [1.82, 2.24) is 4.98 Å². The highest BCUT2D eigenvalue weighted by Crippen LogP contribution is 2.41. The van der Waals surface area contributed by atoms with E-state index in [9.17, 15) is 0 Å². The molecule has 76 valence electrons. The Morgan fingerprint density at radius 2 is 2.27 bits per heavy atom. The molecule has 1 heterocycles. The van der Waals surface area contributed by atoms with Crippen LogP contribution in [-0.2, 0) is 13.0 Å². The Balaban J connectivity index is 1.93. The Labute approximate surface area is 92.2 Å². The van der Waals surface area contributed by atoms with E-state index in [4.69, 9.17) is 5.11 Å². The monoisotopic (exact) mass is 217 g/mol. The summed E-state index contributed by atoms with van der Waals surface area (Å²) in [5.74, 6) is 0.464. The second-order valence-electron chi connectivity index (χ2n) is 3.78. The number of nitrogens with zero attached hydrogens (tertiary/aromatic N) is 1. The molecule has 0 radical (unpaired) electrons. The van der Waals surface area contributed by atoms with Gasteiger partial charge in [-0.05, 0) is 17.5 Å². The van der Waals surface area contributed by atoms with E-state index >= 15 is 0 Å². The van der Waals surface area contributed by atoms with E-state index in [1.54, 1.807) is 17.5 Å². The Bertz CT molecular complexity index is 492. The van der Waals surface area contributed by atoms with Crippen molar-refractivity contribution in [3.63, 3.8) is 0 Å². The summed E-state index contributed by atoms with van der Waals surface area (Å²) in [5.41, 5.74) is 2.83. The second-order valence-corrected chi connectivity index (χ2v) is 4.93. The molecule has 1 aromatic carbocycles. The molecule has 1 aliphatic rings. The van der Waals surface area contributed by atoms with Gasteiger partial charge in [0.05, 0.1) is 11.5 Å². The molecular weight excluding hydrogens is 206 g/mol. The van der Waals surface area contributed by atoms with E-state index in [1.165, 1.54) is 11.1 Å². The number of fused-ring (bicyclic) bond motifs is 1. The van der Waals surface area contributed by atoms with E-state index in [-0.39, 0.29) is 6.61 Å². The smallest absolute Gasteiger partial charge is 0.101 e. The molecule has 0 spiro atoms. The minimum absolute atomic E-state index is 0.103. The van der Waals surface area contributed by atoms with Crippen LogP contribution in [0.2, 0.25) is 0 Å². The van der Waals surface area contributed by atoms with Crippen molar-refractivity contribution in [2.45, 2.75) is 18.9 Å². The molecule has 3 heteroatoms. The molecule has 1 N–H and O–H groups in total. The van der Waals surface area contributed by atoms with Crippen molar-refractivity contribution < 1.29 is 5.11 Å². The summed E-state index contributed by atoms with van der Waals surface area (Å²) in [6, 6.07) is 8.50. The van der Waals surface area contributed by atoms with Gasteiger partial charge in [0.2, 0.25) is 0 Å². The van der Waals surface area contributed by atoms with Crippen LogP contribution in [0.4, 0.5) is 0 Å².